The van der Waals surface area contributed by atoms with Crippen LogP contribution in [0.5, 0.6) is 0 Å². The Morgan fingerprint density at radius 3 is 2.41 bits per heavy atom. The van der Waals surface area contributed by atoms with Crippen molar-refractivity contribution in [2.45, 2.75) is 92.3 Å². The van der Waals surface area contributed by atoms with Crippen molar-refractivity contribution >= 4 is 0 Å². The maximum Gasteiger partial charge on any atom is 0.0636 e. The van der Waals surface area contributed by atoms with Crippen LogP contribution >= 0.6 is 0 Å². The molecule has 2 nitrogen and oxygen atoms in total. The van der Waals surface area contributed by atoms with E-state index in [1.807, 2.05) is 0 Å². The van der Waals surface area contributed by atoms with Crippen molar-refractivity contribution in [3.63, 3.8) is 0 Å². The predicted molar refractivity (Wildman–Crippen MR) is 109 cm³/mol. The fraction of sp³-hybridized carbons (Fsp3) is 0.920. The molecule has 10 atom stereocenters. The summed E-state index contributed by atoms with van der Waals surface area (Å²) in [5.41, 5.74) is 2.21. The number of fused-ring (bicyclic) bond motifs is 7. The highest BCUT2D eigenvalue weighted by molar-refractivity contribution is 5.37. The Hall–Kier alpha value is -0.340. The molecule has 0 aromatic heterocycles. The van der Waals surface area contributed by atoms with Crippen molar-refractivity contribution in [3.8, 4) is 0 Å². The van der Waals surface area contributed by atoms with Gasteiger partial charge in [-0.15, -0.1) is 0 Å². The Balaban J connectivity index is 1.67. The number of aliphatic hydroxyl groups is 2. The van der Waals surface area contributed by atoms with Crippen molar-refractivity contribution < 1.29 is 10.2 Å². The molecule has 0 aromatic rings. The topological polar surface area (TPSA) is 40.5 Å². The van der Waals surface area contributed by atoms with E-state index in [0.29, 0.717) is 35.0 Å². The van der Waals surface area contributed by atoms with Gasteiger partial charge in [0.1, 0.15) is 0 Å². The van der Waals surface area contributed by atoms with Crippen LogP contribution in [0.1, 0.15) is 80.1 Å². The van der Waals surface area contributed by atoms with Crippen molar-refractivity contribution in [1.82, 2.24) is 0 Å². The van der Waals surface area contributed by atoms with E-state index in [1.165, 1.54) is 25.7 Å². The van der Waals surface area contributed by atoms with Crippen LogP contribution in [0.4, 0.5) is 0 Å². The molecule has 0 saturated heterocycles. The molecule has 0 radical (unpaired) electrons. The Bertz CT molecular complexity index is 694. The van der Waals surface area contributed by atoms with Gasteiger partial charge in [0.15, 0.2) is 0 Å². The molecule has 0 bridgehead atoms. The predicted octanol–water partition coefficient (Wildman–Crippen LogP) is 5.19. The molecular weight excluding hydrogens is 332 g/mol. The molecule has 5 aliphatic rings. The second-order valence-corrected chi connectivity index (χ2v) is 12.6. The molecule has 2 N–H and O–H groups in total. The average molecular weight is 373 g/mol. The van der Waals surface area contributed by atoms with E-state index < -0.39 is 0 Å². The molecule has 4 unspecified atom stereocenters. The van der Waals surface area contributed by atoms with Crippen LogP contribution in [0.3, 0.4) is 0 Å². The van der Waals surface area contributed by atoms with Crippen LogP contribution in [0.15, 0.2) is 11.6 Å². The van der Waals surface area contributed by atoms with E-state index in [0.717, 1.165) is 12.8 Å². The molecule has 4 saturated carbocycles. The van der Waals surface area contributed by atoms with Gasteiger partial charge in [0.2, 0.25) is 0 Å². The smallest absolute Gasteiger partial charge is 0.0636 e. The van der Waals surface area contributed by atoms with Crippen LogP contribution in [0.25, 0.3) is 0 Å². The zero-order valence-electron chi connectivity index (χ0n) is 18.3. The second kappa shape index (κ2) is 5.22. The summed E-state index contributed by atoms with van der Waals surface area (Å²) < 4.78 is 0. The van der Waals surface area contributed by atoms with Gasteiger partial charge >= 0.3 is 0 Å². The van der Waals surface area contributed by atoms with E-state index in [4.69, 9.17) is 0 Å². The lowest BCUT2D eigenvalue weighted by Gasteiger charge is -2.58. The van der Waals surface area contributed by atoms with Gasteiger partial charge in [0, 0.05) is 5.41 Å². The minimum absolute atomic E-state index is 0.119. The lowest BCUT2D eigenvalue weighted by Crippen LogP contribution is -2.56. The average Bonchev–Trinajstić information content (AvgIpc) is 3.12. The minimum atomic E-state index is -0.244. The summed E-state index contributed by atoms with van der Waals surface area (Å²) in [6, 6.07) is 0. The van der Waals surface area contributed by atoms with Gasteiger partial charge in [-0.05, 0) is 84.4 Å². The summed E-state index contributed by atoms with van der Waals surface area (Å²) in [6.07, 6.45) is 8.94. The number of hydrogen-bond acceptors (Lipinski definition) is 2. The summed E-state index contributed by atoms with van der Waals surface area (Å²) in [7, 11) is 0. The van der Waals surface area contributed by atoms with E-state index in [9.17, 15) is 10.2 Å². The third-order valence-corrected chi connectivity index (χ3v) is 11.0. The molecule has 5 rings (SSSR count). The molecule has 0 aromatic carbocycles. The summed E-state index contributed by atoms with van der Waals surface area (Å²) >= 11 is 0. The zero-order chi connectivity index (χ0) is 19.6. The maximum atomic E-state index is 11.4. The van der Waals surface area contributed by atoms with Gasteiger partial charge in [-0.3, -0.25) is 0 Å². The molecule has 27 heavy (non-hydrogen) atoms. The van der Waals surface area contributed by atoms with Crippen LogP contribution in [0, 0.1) is 51.2 Å². The molecule has 0 aliphatic heterocycles. The van der Waals surface area contributed by atoms with Crippen LogP contribution < -0.4 is 0 Å². The highest BCUT2D eigenvalue weighted by atomic mass is 16.3. The standard InChI is InChI=1S/C25H40O2/c1-14-7-8-16-18(26)11-15-17(25(14,16)6)12-24(5)19(27)13-23(4)10-9-22(2,3)21(23)20(15)24/h12,14-16,18-21,26-27H,7-11,13H2,1-6H3/t14-,15?,16?,18+,19+,20?,21?,23-,24-,25+/m0/s1. The first-order chi connectivity index (χ1) is 12.4. The van der Waals surface area contributed by atoms with Crippen molar-refractivity contribution in [2.75, 3.05) is 0 Å². The third kappa shape index (κ3) is 2.05. The van der Waals surface area contributed by atoms with Crippen molar-refractivity contribution in [3.05, 3.63) is 11.6 Å². The number of allylic oxidation sites excluding steroid dienone is 1. The Morgan fingerprint density at radius 2 is 1.70 bits per heavy atom. The van der Waals surface area contributed by atoms with Gasteiger partial charge in [-0.25, -0.2) is 0 Å². The normalized spacial score (nSPS) is 61.0. The first-order valence-electron chi connectivity index (χ1n) is 11.5. The second-order valence-electron chi connectivity index (χ2n) is 12.6. The molecule has 2 heteroatoms. The largest absolute Gasteiger partial charge is 0.393 e. The first kappa shape index (κ1) is 18.7. The Labute approximate surface area is 165 Å². The van der Waals surface area contributed by atoms with E-state index >= 15 is 0 Å². The van der Waals surface area contributed by atoms with Gasteiger partial charge in [-0.2, -0.15) is 0 Å². The van der Waals surface area contributed by atoms with Gasteiger partial charge in [-0.1, -0.05) is 53.2 Å². The molecule has 0 heterocycles. The molecule has 0 amide bonds. The highest BCUT2D eigenvalue weighted by Gasteiger charge is 2.69. The van der Waals surface area contributed by atoms with Crippen LogP contribution in [-0.2, 0) is 0 Å². The lowest BCUT2D eigenvalue weighted by molar-refractivity contribution is -0.132. The highest BCUT2D eigenvalue weighted by Crippen LogP contribution is 2.74. The number of aliphatic hydroxyl groups excluding tert-OH is 2. The van der Waals surface area contributed by atoms with Crippen molar-refractivity contribution in [1.29, 1.82) is 0 Å². The Kier molecular flexibility index (Phi) is 3.61. The molecular formula is C25H40O2. The van der Waals surface area contributed by atoms with Crippen molar-refractivity contribution in [2.24, 2.45) is 51.2 Å². The lowest BCUT2D eigenvalue weighted by atomic mass is 9.47. The van der Waals surface area contributed by atoms with E-state index in [2.05, 4.69) is 47.6 Å². The summed E-state index contributed by atoms with van der Waals surface area (Å²) in [6.45, 7) is 14.6. The number of rotatable bonds is 0. The summed E-state index contributed by atoms with van der Waals surface area (Å²) in [4.78, 5) is 0. The third-order valence-electron chi connectivity index (χ3n) is 11.0. The molecule has 0 spiro atoms. The van der Waals surface area contributed by atoms with Gasteiger partial charge in [0.05, 0.1) is 12.2 Å². The van der Waals surface area contributed by atoms with Gasteiger partial charge < -0.3 is 10.2 Å². The number of hydrogen-bond donors (Lipinski definition) is 2. The fourth-order valence-electron chi connectivity index (χ4n) is 9.49. The molecule has 152 valence electrons. The summed E-state index contributed by atoms with van der Waals surface area (Å²) in [5, 5.41) is 22.6. The first-order valence-corrected chi connectivity index (χ1v) is 11.5. The van der Waals surface area contributed by atoms with Crippen LogP contribution in [0.2, 0.25) is 0 Å². The summed E-state index contributed by atoms with van der Waals surface area (Å²) in [5.74, 6) is 2.64. The SMILES string of the molecule is C[C@H]1CCC2[C@H](O)CC3C(=C[C@]4(C)C3C3C(C)(C)CC[C@@]3(C)C[C@H]4O)[C@@]21C. The maximum absolute atomic E-state index is 11.4. The van der Waals surface area contributed by atoms with Gasteiger partial charge in [0.25, 0.3) is 0 Å². The van der Waals surface area contributed by atoms with Crippen LogP contribution in [-0.4, -0.2) is 22.4 Å². The quantitative estimate of drug-likeness (QED) is 0.575. The van der Waals surface area contributed by atoms with E-state index in [-0.39, 0.29) is 28.5 Å². The zero-order valence-corrected chi connectivity index (χ0v) is 18.3. The van der Waals surface area contributed by atoms with E-state index in [1.54, 1.807) is 5.57 Å². The molecule has 4 fully saturated rings. The molecule has 5 aliphatic carbocycles. The minimum Gasteiger partial charge on any atom is -0.393 e. The Morgan fingerprint density at radius 1 is 1.00 bits per heavy atom. The monoisotopic (exact) mass is 372 g/mol. The fourth-order valence-corrected chi connectivity index (χ4v) is 9.49.